The lowest BCUT2D eigenvalue weighted by Gasteiger charge is -2.21. The van der Waals surface area contributed by atoms with Crippen molar-refractivity contribution in [2.24, 2.45) is 17.8 Å². The number of rotatable bonds is 2. The highest BCUT2D eigenvalue weighted by atomic mass is 15.3. The van der Waals surface area contributed by atoms with Crippen LogP contribution in [0.3, 0.4) is 0 Å². The van der Waals surface area contributed by atoms with Crippen molar-refractivity contribution < 1.29 is 0 Å². The third-order valence-corrected chi connectivity index (χ3v) is 3.99. The fraction of sp³-hybridized carbons (Fsp3) is 0.714. The summed E-state index contributed by atoms with van der Waals surface area (Å²) in [6, 6.07) is 0. The number of guanidine groups is 1. The Morgan fingerprint density at radius 3 is 2.37 bits per heavy atom. The standard InChI is InChI=1S/C14H25N5/c1-11-13(12(2)18(3)17-11)10-16-14(15)19-8-6-4-5-7-9-19/h4-10H2,1-3H3,(H2,15,16). The maximum Gasteiger partial charge on any atom is 0.191 e. The van der Waals surface area contributed by atoms with Gasteiger partial charge in [-0.05, 0) is 26.7 Å². The van der Waals surface area contributed by atoms with Crippen molar-refractivity contribution >= 4 is 5.96 Å². The molecule has 0 bridgehead atoms. The SMILES string of the molecule is Cc1nn(C)c(C)c1CN=C(N)N1CCCCCC1. The van der Waals surface area contributed by atoms with Crippen molar-refractivity contribution in [2.45, 2.75) is 46.1 Å². The van der Waals surface area contributed by atoms with Crippen LogP contribution in [-0.4, -0.2) is 33.7 Å². The van der Waals surface area contributed by atoms with Crippen molar-refractivity contribution in [1.29, 1.82) is 0 Å². The van der Waals surface area contributed by atoms with Gasteiger partial charge in [0.05, 0.1) is 12.2 Å². The zero-order valence-electron chi connectivity index (χ0n) is 12.3. The smallest absolute Gasteiger partial charge is 0.191 e. The van der Waals surface area contributed by atoms with E-state index in [1.807, 2.05) is 18.7 Å². The molecule has 0 spiro atoms. The highest BCUT2D eigenvalue weighted by Gasteiger charge is 2.12. The first-order chi connectivity index (χ1) is 9.09. The van der Waals surface area contributed by atoms with Crippen molar-refractivity contribution in [3.63, 3.8) is 0 Å². The van der Waals surface area contributed by atoms with E-state index in [2.05, 4.69) is 21.9 Å². The van der Waals surface area contributed by atoms with Gasteiger partial charge in [0, 0.05) is 31.4 Å². The first-order valence-electron chi connectivity index (χ1n) is 7.13. The molecule has 0 saturated carbocycles. The summed E-state index contributed by atoms with van der Waals surface area (Å²) < 4.78 is 1.91. The molecule has 19 heavy (non-hydrogen) atoms. The fourth-order valence-electron chi connectivity index (χ4n) is 2.61. The van der Waals surface area contributed by atoms with E-state index >= 15 is 0 Å². The van der Waals surface area contributed by atoms with Crippen LogP contribution in [0.5, 0.6) is 0 Å². The molecule has 2 heterocycles. The van der Waals surface area contributed by atoms with Crippen LogP contribution >= 0.6 is 0 Å². The Kier molecular flexibility index (Phi) is 4.45. The summed E-state index contributed by atoms with van der Waals surface area (Å²) in [5.41, 5.74) is 9.54. The van der Waals surface area contributed by atoms with E-state index in [1.54, 1.807) is 0 Å². The van der Waals surface area contributed by atoms with Gasteiger partial charge in [-0.1, -0.05) is 12.8 Å². The van der Waals surface area contributed by atoms with E-state index in [0.717, 1.165) is 18.8 Å². The van der Waals surface area contributed by atoms with E-state index in [1.165, 1.54) is 36.9 Å². The van der Waals surface area contributed by atoms with Crippen LogP contribution in [0.1, 0.15) is 42.6 Å². The van der Waals surface area contributed by atoms with E-state index in [-0.39, 0.29) is 0 Å². The lowest BCUT2D eigenvalue weighted by molar-refractivity contribution is 0.428. The van der Waals surface area contributed by atoms with E-state index < -0.39 is 0 Å². The van der Waals surface area contributed by atoms with Crippen molar-refractivity contribution in [1.82, 2.24) is 14.7 Å². The van der Waals surface area contributed by atoms with Crippen LogP contribution in [0, 0.1) is 13.8 Å². The summed E-state index contributed by atoms with van der Waals surface area (Å²) in [7, 11) is 1.97. The molecule has 1 aromatic rings. The topological polar surface area (TPSA) is 59.4 Å². The van der Waals surface area contributed by atoms with Crippen molar-refractivity contribution in [3.05, 3.63) is 17.0 Å². The molecule has 2 rings (SSSR count). The van der Waals surface area contributed by atoms with Gasteiger partial charge in [-0.3, -0.25) is 4.68 Å². The fourth-order valence-corrected chi connectivity index (χ4v) is 2.61. The minimum absolute atomic E-state index is 0.633. The number of aromatic nitrogens is 2. The average molecular weight is 263 g/mol. The zero-order valence-corrected chi connectivity index (χ0v) is 12.3. The van der Waals surface area contributed by atoms with E-state index in [0.29, 0.717) is 12.5 Å². The molecule has 2 N–H and O–H groups in total. The molecule has 1 fully saturated rings. The number of nitrogens with zero attached hydrogens (tertiary/aromatic N) is 4. The minimum Gasteiger partial charge on any atom is -0.370 e. The van der Waals surface area contributed by atoms with E-state index in [4.69, 9.17) is 5.73 Å². The second-order valence-corrected chi connectivity index (χ2v) is 5.35. The second kappa shape index (κ2) is 6.08. The average Bonchev–Trinajstić information content (AvgIpc) is 2.62. The number of nitrogens with two attached hydrogens (primary N) is 1. The summed E-state index contributed by atoms with van der Waals surface area (Å²) >= 11 is 0. The molecule has 0 radical (unpaired) electrons. The molecule has 0 amide bonds. The molecule has 106 valence electrons. The zero-order chi connectivity index (χ0) is 13.8. The maximum atomic E-state index is 6.12. The van der Waals surface area contributed by atoms with Gasteiger partial charge in [0.2, 0.25) is 0 Å². The second-order valence-electron chi connectivity index (χ2n) is 5.35. The Balaban J connectivity index is 2.04. The Labute approximate surface area is 115 Å². The molecule has 1 aliphatic heterocycles. The highest BCUT2D eigenvalue weighted by Crippen LogP contribution is 2.14. The normalized spacial score (nSPS) is 17.6. The summed E-state index contributed by atoms with van der Waals surface area (Å²) in [4.78, 5) is 6.78. The maximum absolute atomic E-state index is 6.12. The van der Waals surface area contributed by atoms with Crippen LogP contribution in [-0.2, 0) is 13.6 Å². The highest BCUT2D eigenvalue weighted by molar-refractivity contribution is 5.78. The van der Waals surface area contributed by atoms with Gasteiger partial charge < -0.3 is 10.6 Å². The molecule has 5 heteroatoms. The monoisotopic (exact) mass is 263 g/mol. The molecule has 5 nitrogen and oxygen atoms in total. The van der Waals surface area contributed by atoms with Gasteiger partial charge in [0.15, 0.2) is 5.96 Å². The van der Waals surface area contributed by atoms with Gasteiger partial charge in [-0.2, -0.15) is 5.10 Å². The number of aliphatic imine (C=N–C) groups is 1. The first kappa shape index (κ1) is 13.9. The van der Waals surface area contributed by atoms with E-state index in [9.17, 15) is 0 Å². The number of likely N-dealkylation sites (tertiary alicyclic amines) is 1. The number of aryl methyl sites for hydroxylation is 2. The number of hydrogen-bond acceptors (Lipinski definition) is 2. The van der Waals surface area contributed by atoms with Crippen molar-refractivity contribution in [2.75, 3.05) is 13.1 Å². The number of hydrogen-bond donors (Lipinski definition) is 1. The summed E-state index contributed by atoms with van der Waals surface area (Å²) in [6.45, 7) is 6.82. The third kappa shape index (κ3) is 3.28. The predicted molar refractivity (Wildman–Crippen MR) is 78.0 cm³/mol. The molecular weight excluding hydrogens is 238 g/mol. The van der Waals surface area contributed by atoms with Crippen molar-refractivity contribution in [3.8, 4) is 0 Å². The van der Waals surface area contributed by atoms with Crippen LogP contribution < -0.4 is 5.73 Å². The molecule has 1 saturated heterocycles. The molecule has 0 atom stereocenters. The Morgan fingerprint density at radius 1 is 1.21 bits per heavy atom. The van der Waals surface area contributed by atoms with Crippen LogP contribution in [0.15, 0.2) is 4.99 Å². The lowest BCUT2D eigenvalue weighted by Crippen LogP contribution is -2.38. The van der Waals surface area contributed by atoms with Crippen LogP contribution in [0.25, 0.3) is 0 Å². The Morgan fingerprint density at radius 2 is 1.84 bits per heavy atom. The molecule has 0 aromatic carbocycles. The molecular formula is C14H25N5. The van der Waals surface area contributed by atoms with Gasteiger partial charge in [-0.25, -0.2) is 4.99 Å². The summed E-state index contributed by atoms with van der Waals surface area (Å²) in [6.07, 6.45) is 5.07. The van der Waals surface area contributed by atoms with Crippen LogP contribution in [0.4, 0.5) is 0 Å². The Bertz CT molecular complexity index is 453. The summed E-state index contributed by atoms with van der Waals surface area (Å²) in [5, 5.41) is 4.41. The van der Waals surface area contributed by atoms with Crippen LogP contribution in [0.2, 0.25) is 0 Å². The minimum atomic E-state index is 0.633. The Hall–Kier alpha value is -1.52. The lowest BCUT2D eigenvalue weighted by atomic mass is 10.2. The third-order valence-electron chi connectivity index (χ3n) is 3.99. The molecule has 0 unspecified atom stereocenters. The largest absolute Gasteiger partial charge is 0.370 e. The molecule has 0 aliphatic carbocycles. The first-order valence-corrected chi connectivity index (χ1v) is 7.13. The van der Waals surface area contributed by atoms with Gasteiger partial charge in [0.25, 0.3) is 0 Å². The van der Waals surface area contributed by atoms with Gasteiger partial charge in [0.1, 0.15) is 0 Å². The molecule has 1 aliphatic rings. The van der Waals surface area contributed by atoms with Gasteiger partial charge in [-0.15, -0.1) is 0 Å². The molecule has 1 aromatic heterocycles. The predicted octanol–water partition coefficient (Wildman–Crippen LogP) is 1.73. The van der Waals surface area contributed by atoms with Gasteiger partial charge >= 0.3 is 0 Å². The summed E-state index contributed by atoms with van der Waals surface area (Å²) in [5.74, 6) is 0.685. The quantitative estimate of drug-likeness (QED) is 0.653.